The van der Waals surface area contributed by atoms with Crippen LogP contribution in [0.5, 0.6) is 0 Å². The van der Waals surface area contributed by atoms with Gasteiger partial charge in [-0.05, 0) is 119 Å². The first-order valence-electron chi connectivity index (χ1n) is 30.2. The highest BCUT2D eigenvalue weighted by molar-refractivity contribution is 7.26. The molecule has 18 rings (SSSR count). The van der Waals surface area contributed by atoms with E-state index in [9.17, 15) is 0 Å². The summed E-state index contributed by atoms with van der Waals surface area (Å²) in [6.07, 6.45) is 1.92. The molecule has 0 bridgehead atoms. The van der Waals surface area contributed by atoms with Gasteiger partial charge in [-0.3, -0.25) is 4.98 Å². The van der Waals surface area contributed by atoms with Crippen LogP contribution >= 0.6 is 11.3 Å². The maximum absolute atomic E-state index is 5.42. The van der Waals surface area contributed by atoms with Crippen LogP contribution in [0.1, 0.15) is 0 Å². The summed E-state index contributed by atoms with van der Waals surface area (Å²) in [4.78, 5) is 21.0. The Kier molecular flexibility index (Phi) is 12.7. The van der Waals surface area contributed by atoms with Crippen molar-refractivity contribution in [1.29, 1.82) is 0 Å². The Morgan fingerprint density at radius 1 is 0.213 bits per heavy atom. The molecule has 0 saturated heterocycles. The number of benzene rings is 14. The fraction of sp³-hybridized carbons (Fsp3) is 0. The zero-order valence-corrected chi connectivity index (χ0v) is 49.0. The summed E-state index contributed by atoms with van der Waals surface area (Å²) >= 11 is 1.87. The van der Waals surface area contributed by atoms with Crippen molar-refractivity contribution in [2.24, 2.45) is 0 Å². The van der Waals surface area contributed by atoms with E-state index in [0.29, 0.717) is 0 Å². The smallest absolute Gasteiger partial charge is 0.0979 e. The number of hydrogen-bond donors (Lipinski definition) is 0. The first-order chi connectivity index (χ1) is 44.1. The lowest BCUT2D eigenvalue weighted by Gasteiger charge is -2.16. The van der Waals surface area contributed by atoms with Crippen molar-refractivity contribution in [1.82, 2.24) is 19.9 Å². The molecule has 0 atom stereocenters. The molecule has 4 nitrogen and oxygen atoms in total. The molecule has 0 unspecified atom stereocenters. The van der Waals surface area contributed by atoms with Crippen molar-refractivity contribution in [3.05, 3.63) is 316 Å². The summed E-state index contributed by atoms with van der Waals surface area (Å²) in [5.74, 6) is 0. The molecule has 4 aromatic heterocycles. The van der Waals surface area contributed by atoms with Crippen LogP contribution in [0, 0.1) is 0 Å². The van der Waals surface area contributed by atoms with Gasteiger partial charge in [0.15, 0.2) is 0 Å². The van der Waals surface area contributed by atoms with Gasteiger partial charge in [-0.25, -0.2) is 15.0 Å². The summed E-state index contributed by atoms with van der Waals surface area (Å²) in [7, 11) is 0. The van der Waals surface area contributed by atoms with Gasteiger partial charge in [0, 0.05) is 58.4 Å². The molecule has 4 heterocycles. The molecule has 18 aromatic rings. The number of thiophene rings is 1. The van der Waals surface area contributed by atoms with Crippen LogP contribution in [0.25, 0.3) is 174 Å². The summed E-state index contributed by atoms with van der Waals surface area (Å²) in [6.45, 7) is 0. The Balaban J connectivity index is 0.000000138. The first-order valence-corrected chi connectivity index (χ1v) is 31.0. The molecule has 0 fully saturated rings. The van der Waals surface area contributed by atoms with Gasteiger partial charge in [0.05, 0.1) is 45.3 Å². The topological polar surface area (TPSA) is 51.6 Å². The van der Waals surface area contributed by atoms with Crippen molar-refractivity contribution < 1.29 is 0 Å². The number of rotatable bonds is 7. The molecule has 0 saturated carbocycles. The van der Waals surface area contributed by atoms with E-state index >= 15 is 0 Å². The Morgan fingerprint density at radius 3 is 1.22 bits per heavy atom. The highest BCUT2D eigenvalue weighted by Crippen LogP contribution is 2.43. The minimum atomic E-state index is 0.876. The molecule has 89 heavy (non-hydrogen) atoms. The van der Waals surface area contributed by atoms with E-state index in [1.807, 2.05) is 17.5 Å². The van der Waals surface area contributed by atoms with Gasteiger partial charge in [0.25, 0.3) is 0 Å². The van der Waals surface area contributed by atoms with Crippen LogP contribution in [0.15, 0.2) is 316 Å². The van der Waals surface area contributed by atoms with Gasteiger partial charge in [-0.1, -0.05) is 267 Å². The van der Waals surface area contributed by atoms with Crippen molar-refractivity contribution >= 4 is 107 Å². The van der Waals surface area contributed by atoms with Gasteiger partial charge in [-0.15, -0.1) is 11.3 Å². The van der Waals surface area contributed by atoms with Crippen molar-refractivity contribution in [2.75, 3.05) is 0 Å². The molecule has 0 amide bonds. The molecule has 0 aliphatic heterocycles. The van der Waals surface area contributed by atoms with E-state index < -0.39 is 0 Å². The number of fused-ring (bicyclic) bond motifs is 14. The van der Waals surface area contributed by atoms with E-state index in [0.717, 1.165) is 105 Å². The third kappa shape index (κ3) is 9.31. The van der Waals surface area contributed by atoms with E-state index in [2.05, 4.69) is 309 Å². The van der Waals surface area contributed by atoms with Crippen molar-refractivity contribution in [2.45, 2.75) is 0 Å². The maximum Gasteiger partial charge on any atom is 0.0979 e. The van der Waals surface area contributed by atoms with Gasteiger partial charge in [0.1, 0.15) is 0 Å². The zero-order chi connectivity index (χ0) is 58.8. The van der Waals surface area contributed by atoms with Gasteiger partial charge in [0.2, 0.25) is 0 Å². The molecule has 5 heteroatoms. The molecular weight excluding hydrogens is 1100 g/mol. The summed E-state index contributed by atoms with van der Waals surface area (Å²) < 4.78 is 2.66. The van der Waals surface area contributed by atoms with Crippen molar-refractivity contribution in [3.63, 3.8) is 0 Å². The molecule has 0 aliphatic rings. The zero-order valence-electron chi connectivity index (χ0n) is 48.2. The van der Waals surface area contributed by atoms with E-state index in [1.165, 1.54) is 69.2 Å². The molecule has 0 radical (unpaired) electrons. The Morgan fingerprint density at radius 2 is 0.629 bits per heavy atom. The van der Waals surface area contributed by atoms with E-state index in [1.54, 1.807) is 0 Å². The number of hydrogen-bond acceptors (Lipinski definition) is 5. The summed E-state index contributed by atoms with van der Waals surface area (Å²) in [6, 6.07) is 110. The third-order valence-electron chi connectivity index (χ3n) is 17.5. The van der Waals surface area contributed by atoms with Crippen LogP contribution in [0.3, 0.4) is 0 Å². The van der Waals surface area contributed by atoms with Gasteiger partial charge >= 0.3 is 0 Å². The standard InChI is InChI=1S/C44H28N2.C40H24N2S/c1-3-13-31(14-4-1)39-27-41(35-21-19-29-11-7-9-17-33(29)25-35)45-43-37(39)23-24-38-40(32-15-5-2-6-16-32)28-42(46-44(38)43)36-22-20-30-12-8-10-18-34(30)26-36;1-3-17-33-30(14-1)31-15-2-4-18-34(31)39-38(33)41-24-36(42-39)28-13-8-11-26(23-28)25-10-7-12-27(22-25)29-19-9-20-35-32-16-5-6-21-37(32)43-40(29)35/h1-28H;1-24H. The highest BCUT2D eigenvalue weighted by atomic mass is 32.1. The predicted octanol–water partition coefficient (Wildman–Crippen LogP) is 23.1. The molecule has 0 aliphatic carbocycles. The van der Waals surface area contributed by atoms with Crippen LogP contribution in [-0.2, 0) is 0 Å². The maximum atomic E-state index is 5.42. The second-order valence-electron chi connectivity index (χ2n) is 22.8. The fourth-order valence-corrected chi connectivity index (χ4v) is 14.4. The highest BCUT2D eigenvalue weighted by Gasteiger charge is 2.19. The van der Waals surface area contributed by atoms with Crippen LogP contribution in [-0.4, -0.2) is 19.9 Å². The van der Waals surface area contributed by atoms with Crippen LogP contribution in [0.2, 0.25) is 0 Å². The van der Waals surface area contributed by atoms with Crippen molar-refractivity contribution in [3.8, 4) is 78.3 Å². The number of pyridine rings is 2. The van der Waals surface area contributed by atoms with Crippen LogP contribution < -0.4 is 0 Å². The molecule has 14 aromatic carbocycles. The average molecular weight is 1150 g/mol. The second-order valence-corrected chi connectivity index (χ2v) is 23.9. The average Bonchev–Trinajstić information content (AvgIpc) is 1.37. The van der Waals surface area contributed by atoms with Gasteiger partial charge in [-0.2, -0.15) is 0 Å². The normalized spacial score (nSPS) is 11.6. The second kappa shape index (κ2) is 21.8. The predicted molar refractivity (Wildman–Crippen MR) is 378 cm³/mol. The number of aromatic nitrogens is 4. The first kappa shape index (κ1) is 51.9. The lowest BCUT2D eigenvalue weighted by atomic mass is 9.93. The lowest BCUT2D eigenvalue weighted by Crippen LogP contribution is -1.95. The third-order valence-corrected chi connectivity index (χ3v) is 18.7. The quantitative estimate of drug-likeness (QED) is 0.149. The SMILES string of the molecule is c1cc(-c2cccc(-c3cccc4c3sc3ccccc34)c2)cc(-c2cnc3c4ccccc4c4ccccc4c3n2)c1.c1ccc(-c2cc(-c3ccc4ccccc4c3)nc3c2ccc2c(-c4ccccc4)cc(-c4ccc5ccccc5c4)nc23)cc1. The Hall–Kier alpha value is -11.5. The summed E-state index contributed by atoms with van der Waals surface area (Å²) in [5, 5.41) is 14.3. The molecule has 0 spiro atoms. The lowest BCUT2D eigenvalue weighted by molar-refractivity contribution is 1.31. The van der Waals surface area contributed by atoms with Crippen LogP contribution in [0.4, 0.5) is 0 Å². The minimum absolute atomic E-state index is 0.876. The number of nitrogens with zero attached hydrogens (tertiary/aromatic N) is 4. The largest absolute Gasteiger partial charge is 0.252 e. The monoisotopic (exact) mass is 1150 g/mol. The fourth-order valence-electron chi connectivity index (χ4n) is 13.1. The Bertz CT molecular complexity index is 5600. The van der Waals surface area contributed by atoms with Gasteiger partial charge < -0.3 is 0 Å². The summed E-state index contributed by atoms with van der Waals surface area (Å²) in [5.41, 5.74) is 19.1. The van der Waals surface area contributed by atoms with E-state index in [-0.39, 0.29) is 0 Å². The molecular formula is C84H52N4S. The molecule has 414 valence electrons. The Labute approximate surface area is 518 Å². The van der Waals surface area contributed by atoms with E-state index in [4.69, 9.17) is 19.9 Å². The minimum Gasteiger partial charge on any atom is -0.252 e. The molecule has 0 N–H and O–H groups in total.